The van der Waals surface area contributed by atoms with Crippen molar-refractivity contribution in [2.45, 2.75) is 6.61 Å². The maximum Gasteiger partial charge on any atom is 0.307 e. The van der Waals surface area contributed by atoms with Crippen LogP contribution >= 0.6 is 15.9 Å². The van der Waals surface area contributed by atoms with E-state index in [9.17, 15) is 14.9 Å². The molecule has 5 aromatic rings. The lowest BCUT2D eigenvalue weighted by molar-refractivity contribution is -0.384. The standard InChI is InChI=1S/C27H18BrN3O5/c28-21-8-10-24(35-16-18-6-3-5-17-4-1-2-7-23(17)18)20(12-21)15-29-30-27(32)26-14-19-13-22(31(33)34)9-11-25(19)36-26/h1-15H,16H2,(H,30,32)/b29-15-. The largest absolute Gasteiger partial charge is 0.488 e. The van der Waals surface area contributed by atoms with Crippen LogP contribution in [0.3, 0.4) is 0 Å². The van der Waals surface area contributed by atoms with Crippen LogP contribution in [0.5, 0.6) is 5.75 Å². The van der Waals surface area contributed by atoms with Gasteiger partial charge in [0, 0.05) is 27.6 Å². The molecule has 0 bridgehead atoms. The Morgan fingerprint density at radius 3 is 2.72 bits per heavy atom. The molecule has 36 heavy (non-hydrogen) atoms. The van der Waals surface area contributed by atoms with E-state index in [1.165, 1.54) is 30.5 Å². The Morgan fingerprint density at radius 2 is 1.86 bits per heavy atom. The highest BCUT2D eigenvalue weighted by Gasteiger charge is 2.15. The Labute approximate surface area is 213 Å². The first-order valence-corrected chi connectivity index (χ1v) is 11.7. The highest BCUT2D eigenvalue weighted by molar-refractivity contribution is 9.10. The van der Waals surface area contributed by atoms with Gasteiger partial charge in [-0.3, -0.25) is 14.9 Å². The normalized spacial score (nSPS) is 11.2. The van der Waals surface area contributed by atoms with E-state index in [4.69, 9.17) is 9.15 Å². The van der Waals surface area contributed by atoms with Crippen LogP contribution in [-0.2, 0) is 6.61 Å². The molecule has 0 atom stereocenters. The third kappa shape index (κ3) is 4.96. The lowest BCUT2D eigenvalue weighted by atomic mass is 10.1. The summed E-state index contributed by atoms with van der Waals surface area (Å²) >= 11 is 3.45. The van der Waals surface area contributed by atoms with Crippen LogP contribution in [0.25, 0.3) is 21.7 Å². The summed E-state index contributed by atoms with van der Waals surface area (Å²) in [4.78, 5) is 23.0. The molecule has 8 nitrogen and oxygen atoms in total. The molecular weight excluding hydrogens is 526 g/mol. The van der Waals surface area contributed by atoms with Crippen molar-refractivity contribution < 1.29 is 18.9 Å². The second-order valence-corrected chi connectivity index (χ2v) is 8.81. The summed E-state index contributed by atoms with van der Waals surface area (Å²) in [6, 6.07) is 25.3. The fourth-order valence-corrected chi connectivity index (χ4v) is 4.18. The molecular formula is C27H18BrN3O5. The van der Waals surface area contributed by atoms with E-state index in [1.807, 2.05) is 42.5 Å². The molecule has 1 heterocycles. The molecule has 5 rings (SSSR count). The number of furan rings is 1. The second-order valence-electron chi connectivity index (χ2n) is 7.90. The molecule has 1 N–H and O–H groups in total. The van der Waals surface area contributed by atoms with Gasteiger partial charge in [0.05, 0.1) is 11.1 Å². The Morgan fingerprint density at radius 1 is 1.03 bits per heavy atom. The molecule has 0 spiro atoms. The smallest absolute Gasteiger partial charge is 0.307 e. The minimum absolute atomic E-state index is 0.00989. The summed E-state index contributed by atoms with van der Waals surface area (Å²) in [5.74, 6) is 0.00261. The van der Waals surface area contributed by atoms with Gasteiger partial charge in [-0.05, 0) is 46.7 Å². The fraction of sp³-hybridized carbons (Fsp3) is 0.0370. The van der Waals surface area contributed by atoms with Gasteiger partial charge in [-0.1, -0.05) is 58.4 Å². The van der Waals surface area contributed by atoms with Crippen molar-refractivity contribution in [2.24, 2.45) is 5.10 Å². The maximum atomic E-state index is 12.5. The SMILES string of the molecule is O=C(N/N=C\c1cc(Br)ccc1OCc1cccc2ccccc12)c1cc2cc([N+](=O)[O-])ccc2o1. The Balaban J connectivity index is 1.31. The predicted molar refractivity (Wildman–Crippen MR) is 140 cm³/mol. The number of nitro benzene ring substituents is 1. The molecule has 0 aliphatic heterocycles. The Kier molecular flexibility index (Phi) is 6.46. The summed E-state index contributed by atoms with van der Waals surface area (Å²) in [5, 5.41) is 17.7. The molecule has 0 aliphatic carbocycles. The van der Waals surface area contributed by atoms with Gasteiger partial charge in [-0.25, -0.2) is 5.43 Å². The molecule has 4 aromatic carbocycles. The number of hydrazone groups is 1. The van der Waals surface area contributed by atoms with Crippen molar-refractivity contribution in [3.63, 3.8) is 0 Å². The number of rotatable bonds is 7. The summed E-state index contributed by atoms with van der Waals surface area (Å²) in [6.07, 6.45) is 1.48. The van der Waals surface area contributed by atoms with Crippen molar-refractivity contribution >= 4 is 55.5 Å². The second kappa shape index (κ2) is 10.0. The van der Waals surface area contributed by atoms with Crippen molar-refractivity contribution in [2.75, 3.05) is 0 Å². The molecule has 0 unspecified atom stereocenters. The molecule has 0 saturated carbocycles. The third-order valence-electron chi connectivity index (χ3n) is 5.54. The molecule has 9 heteroatoms. The zero-order chi connectivity index (χ0) is 25.1. The fourth-order valence-electron chi connectivity index (χ4n) is 3.80. The number of carbonyl (C=O) groups is 1. The van der Waals surface area contributed by atoms with Crippen molar-refractivity contribution in [3.05, 3.63) is 116 Å². The minimum atomic E-state index is -0.585. The molecule has 0 fully saturated rings. The number of hydrogen-bond donors (Lipinski definition) is 1. The van der Waals surface area contributed by atoms with E-state index in [0.717, 1.165) is 20.8 Å². The number of hydrogen-bond acceptors (Lipinski definition) is 6. The minimum Gasteiger partial charge on any atom is -0.488 e. The van der Waals surface area contributed by atoms with Crippen LogP contribution in [0, 0.1) is 10.1 Å². The van der Waals surface area contributed by atoms with Crippen LogP contribution in [0.15, 0.2) is 98.9 Å². The van der Waals surface area contributed by atoms with E-state index < -0.39 is 10.8 Å². The molecule has 0 aliphatic rings. The molecule has 1 aromatic heterocycles. The number of non-ortho nitro benzene ring substituents is 1. The van der Waals surface area contributed by atoms with Gasteiger partial charge in [-0.15, -0.1) is 0 Å². The first kappa shape index (κ1) is 23.3. The van der Waals surface area contributed by atoms with E-state index in [1.54, 1.807) is 0 Å². The predicted octanol–water partition coefficient (Wildman–Crippen LogP) is 6.60. The van der Waals surface area contributed by atoms with Gasteiger partial charge in [0.15, 0.2) is 5.76 Å². The van der Waals surface area contributed by atoms with Crippen molar-refractivity contribution in [3.8, 4) is 5.75 Å². The average Bonchev–Trinajstić information content (AvgIpc) is 3.32. The van der Waals surface area contributed by atoms with Crippen LogP contribution in [0.2, 0.25) is 0 Å². The van der Waals surface area contributed by atoms with E-state index in [-0.39, 0.29) is 11.4 Å². The summed E-state index contributed by atoms with van der Waals surface area (Å²) in [7, 11) is 0. The lowest BCUT2D eigenvalue weighted by Crippen LogP contribution is -2.16. The number of fused-ring (bicyclic) bond motifs is 2. The van der Waals surface area contributed by atoms with Crippen LogP contribution < -0.4 is 10.2 Å². The van der Waals surface area contributed by atoms with E-state index >= 15 is 0 Å². The van der Waals surface area contributed by atoms with Gasteiger partial charge in [0.2, 0.25) is 0 Å². The topological polar surface area (TPSA) is 107 Å². The van der Waals surface area contributed by atoms with Gasteiger partial charge in [0.1, 0.15) is 17.9 Å². The molecule has 1 amide bonds. The first-order chi connectivity index (χ1) is 17.5. The molecule has 0 radical (unpaired) electrons. The number of nitrogens with one attached hydrogen (secondary N) is 1. The van der Waals surface area contributed by atoms with Gasteiger partial charge in [-0.2, -0.15) is 5.10 Å². The van der Waals surface area contributed by atoms with E-state index in [0.29, 0.717) is 28.9 Å². The van der Waals surface area contributed by atoms with E-state index in [2.05, 4.69) is 44.7 Å². The number of benzene rings is 4. The number of amides is 1. The van der Waals surface area contributed by atoms with Gasteiger partial charge in [0.25, 0.3) is 5.69 Å². The van der Waals surface area contributed by atoms with Crippen molar-refractivity contribution in [1.82, 2.24) is 5.43 Å². The number of carbonyl (C=O) groups excluding carboxylic acids is 1. The van der Waals surface area contributed by atoms with Crippen molar-refractivity contribution in [1.29, 1.82) is 0 Å². The summed E-state index contributed by atoms with van der Waals surface area (Å²) in [5.41, 5.74) is 4.42. The molecule has 178 valence electrons. The number of ether oxygens (including phenoxy) is 1. The monoisotopic (exact) mass is 543 g/mol. The Hall–Kier alpha value is -4.50. The summed E-state index contributed by atoms with van der Waals surface area (Å²) < 4.78 is 12.4. The number of halogens is 1. The zero-order valence-corrected chi connectivity index (χ0v) is 20.3. The molecule has 0 saturated heterocycles. The quantitative estimate of drug-likeness (QED) is 0.141. The van der Waals surface area contributed by atoms with Gasteiger partial charge < -0.3 is 9.15 Å². The average molecular weight is 544 g/mol. The first-order valence-electron chi connectivity index (χ1n) is 10.9. The zero-order valence-electron chi connectivity index (χ0n) is 18.7. The lowest BCUT2D eigenvalue weighted by Gasteiger charge is -2.11. The van der Waals surface area contributed by atoms with Crippen LogP contribution in [0.1, 0.15) is 21.7 Å². The third-order valence-corrected chi connectivity index (χ3v) is 6.03. The number of nitrogens with zero attached hydrogens (tertiary/aromatic N) is 2. The highest BCUT2D eigenvalue weighted by atomic mass is 79.9. The van der Waals surface area contributed by atoms with Crippen LogP contribution in [0.4, 0.5) is 5.69 Å². The van der Waals surface area contributed by atoms with Crippen LogP contribution in [-0.4, -0.2) is 17.0 Å². The van der Waals surface area contributed by atoms with Gasteiger partial charge >= 0.3 is 5.91 Å². The summed E-state index contributed by atoms with van der Waals surface area (Å²) in [6.45, 7) is 0.362. The number of nitro groups is 1. The highest BCUT2D eigenvalue weighted by Crippen LogP contribution is 2.26. The Bertz CT molecular complexity index is 1640. The maximum absolute atomic E-state index is 12.5.